The van der Waals surface area contributed by atoms with Gasteiger partial charge in [-0.15, -0.1) is 0 Å². The number of hydrogen-bond acceptors (Lipinski definition) is 3. The number of hydrogen-bond donors (Lipinski definition) is 1. The van der Waals surface area contributed by atoms with Crippen LogP contribution in [-0.4, -0.2) is 41.6 Å². The molecule has 2 unspecified atom stereocenters. The molecule has 0 aromatic heterocycles. The predicted octanol–water partition coefficient (Wildman–Crippen LogP) is 4.38. The number of amides is 1. The number of halogens is 2. The third-order valence-electron chi connectivity index (χ3n) is 4.16. The first kappa shape index (κ1) is 18.6. The van der Waals surface area contributed by atoms with Crippen molar-refractivity contribution in [1.29, 1.82) is 0 Å². The molecule has 1 aliphatic rings. The smallest absolute Gasteiger partial charge is 0.407 e. The summed E-state index contributed by atoms with van der Waals surface area (Å²) >= 11 is 12.1. The molecule has 2 rings (SSSR count). The lowest BCUT2D eigenvalue weighted by atomic mass is 9.81. The Morgan fingerprint density at radius 1 is 1.42 bits per heavy atom. The lowest BCUT2D eigenvalue weighted by Gasteiger charge is -2.34. The first-order valence-corrected chi connectivity index (χ1v) is 8.35. The summed E-state index contributed by atoms with van der Waals surface area (Å²) in [6, 6.07) is 3.04. The van der Waals surface area contributed by atoms with Gasteiger partial charge in [-0.2, -0.15) is 0 Å². The van der Waals surface area contributed by atoms with Crippen molar-refractivity contribution in [2.75, 3.05) is 19.7 Å². The maximum atomic E-state index is 13.0. The van der Waals surface area contributed by atoms with Crippen molar-refractivity contribution in [2.24, 2.45) is 11.8 Å². The highest BCUT2D eigenvalue weighted by molar-refractivity contribution is 6.42. The highest BCUT2D eigenvalue weighted by Crippen LogP contribution is 2.35. The maximum absolute atomic E-state index is 13.0. The minimum atomic E-state index is -0.961. The third-order valence-corrected chi connectivity index (χ3v) is 4.88. The maximum Gasteiger partial charge on any atom is 0.407 e. The molecule has 2 atom stereocenters. The second-order valence-corrected chi connectivity index (χ2v) is 6.64. The number of ketones is 1. The molecule has 0 spiro atoms. The van der Waals surface area contributed by atoms with Crippen LogP contribution in [0.3, 0.4) is 0 Å². The average molecular weight is 372 g/mol. The van der Waals surface area contributed by atoms with Crippen LogP contribution in [0.4, 0.5) is 4.79 Å². The Bertz CT molecular complexity index is 662. The van der Waals surface area contributed by atoms with E-state index in [9.17, 15) is 9.59 Å². The number of nitrogens with zero attached hydrogens (tertiary/aromatic N) is 1. The van der Waals surface area contributed by atoms with Crippen LogP contribution in [0.2, 0.25) is 10.0 Å². The highest BCUT2D eigenvalue weighted by Gasteiger charge is 2.34. The van der Waals surface area contributed by atoms with Gasteiger partial charge in [0.05, 0.1) is 15.6 Å². The van der Waals surface area contributed by atoms with Crippen LogP contribution in [0.5, 0.6) is 5.75 Å². The second kappa shape index (κ2) is 7.90. The molecule has 5 nitrogen and oxygen atoms in total. The summed E-state index contributed by atoms with van der Waals surface area (Å²) in [5.41, 5.74) is 0.367. The van der Waals surface area contributed by atoms with Crippen LogP contribution in [0.1, 0.15) is 23.7 Å². The summed E-state index contributed by atoms with van der Waals surface area (Å²) in [4.78, 5) is 25.4. The van der Waals surface area contributed by atoms with Crippen molar-refractivity contribution >= 4 is 35.1 Å². The fraction of sp³-hybridized carbons (Fsp3) is 0.412. The summed E-state index contributed by atoms with van der Waals surface area (Å²) in [6.07, 6.45) is 1.08. The number of benzene rings is 1. The van der Waals surface area contributed by atoms with Gasteiger partial charge in [-0.05, 0) is 18.4 Å². The lowest BCUT2D eigenvalue weighted by molar-refractivity contribution is 0.0707. The Morgan fingerprint density at radius 2 is 2.08 bits per heavy atom. The molecule has 1 N–H and O–H groups in total. The number of piperidine rings is 1. The molecular weight excluding hydrogens is 353 g/mol. The fourth-order valence-electron chi connectivity index (χ4n) is 2.90. The van der Waals surface area contributed by atoms with Crippen molar-refractivity contribution < 1.29 is 19.4 Å². The van der Waals surface area contributed by atoms with E-state index in [2.05, 4.69) is 6.58 Å². The molecule has 1 amide bonds. The van der Waals surface area contributed by atoms with E-state index in [-0.39, 0.29) is 29.2 Å². The Labute approximate surface area is 150 Å². The number of rotatable bonds is 5. The predicted molar refractivity (Wildman–Crippen MR) is 93.4 cm³/mol. The molecule has 0 radical (unpaired) electrons. The molecule has 1 heterocycles. The van der Waals surface area contributed by atoms with E-state index < -0.39 is 6.09 Å². The van der Waals surface area contributed by atoms with E-state index in [0.29, 0.717) is 35.8 Å². The first-order chi connectivity index (χ1) is 11.3. The minimum absolute atomic E-state index is 0.0935. The van der Waals surface area contributed by atoms with Gasteiger partial charge in [0.25, 0.3) is 0 Å². The Balaban J connectivity index is 2.27. The zero-order valence-electron chi connectivity index (χ0n) is 13.3. The largest absolute Gasteiger partial charge is 0.489 e. The molecule has 1 saturated heterocycles. The number of Topliss-reactive ketones (excluding diaryl/α,β-unsaturated/α-hetero) is 1. The van der Waals surface area contributed by atoms with Gasteiger partial charge in [-0.3, -0.25) is 4.79 Å². The number of carbonyl (C=O) groups is 2. The zero-order chi connectivity index (χ0) is 17.9. The van der Waals surface area contributed by atoms with Crippen LogP contribution >= 0.6 is 23.2 Å². The van der Waals surface area contributed by atoms with Gasteiger partial charge in [-0.1, -0.05) is 42.8 Å². The van der Waals surface area contributed by atoms with E-state index in [1.165, 1.54) is 17.0 Å². The van der Waals surface area contributed by atoms with Crippen LogP contribution in [0.15, 0.2) is 24.8 Å². The first-order valence-electron chi connectivity index (χ1n) is 7.60. The van der Waals surface area contributed by atoms with Crippen molar-refractivity contribution in [3.05, 3.63) is 40.4 Å². The molecule has 130 valence electrons. The molecule has 0 aliphatic carbocycles. The standard InChI is InChI=1S/C17H19Cl2NO4/c1-3-6-24-15-8-14(19)13(18)7-12(15)16(21)11-4-5-20(17(22)23)9-10(11)2/h3,7-8,10-11H,1,4-6,9H2,2H3,(H,22,23). The van der Waals surface area contributed by atoms with E-state index in [1.807, 2.05) is 6.92 Å². The Morgan fingerprint density at radius 3 is 2.67 bits per heavy atom. The highest BCUT2D eigenvalue weighted by atomic mass is 35.5. The fourth-order valence-corrected chi connectivity index (χ4v) is 3.22. The SMILES string of the molecule is C=CCOc1cc(Cl)c(Cl)cc1C(=O)C1CCN(C(=O)O)CC1C. The quantitative estimate of drug-likeness (QED) is 0.615. The number of carboxylic acid groups (broad SMARTS) is 1. The van der Waals surface area contributed by atoms with E-state index >= 15 is 0 Å². The van der Waals surface area contributed by atoms with Crippen molar-refractivity contribution in [3.8, 4) is 5.75 Å². The van der Waals surface area contributed by atoms with Gasteiger partial charge in [0, 0.05) is 25.1 Å². The van der Waals surface area contributed by atoms with E-state index in [0.717, 1.165) is 0 Å². The molecule has 0 saturated carbocycles. The van der Waals surface area contributed by atoms with Crippen molar-refractivity contribution in [2.45, 2.75) is 13.3 Å². The summed E-state index contributed by atoms with van der Waals surface area (Å²) in [7, 11) is 0. The molecule has 1 aromatic rings. The number of likely N-dealkylation sites (tertiary alicyclic amines) is 1. The van der Waals surface area contributed by atoms with Crippen LogP contribution in [0.25, 0.3) is 0 Å². The van der Waals surface area contributed by atoms with Gasteiger partial charge in [-0.25, -0.2) is 4.79 Å². The molecule has 24 heavy (non-hydrogen) atoms. The summed E-state index contributed by atoms with van der Waals surface area (Å²) in [5.74, 6) is -0.125. The molecule has 1 aromatic carbocycles. The molecule has 1 fully saturated rings. The topological polar surface area (TPSA) is 66.8 Å². The van der Waals surface area contributed by atoms with Crippen molar-refractivity contribution in [3.63, 3.8) is 0 Å². The van der Waals surface area contributed by atoms with Gasteiger partial charge < -0.3 is 14.7 Å². The van der Waals surface area contributed by atoms with Crippen LogP contribution in [0, 0.1) is 11.8 Å². The van der Waals surface area contributed by atoms with Crippen LogP contribution in [-0.2, 0) is 0 Å². The van der Waals surface area contributed by atoms with Gasteiger partial charge in [0.15, 0.2) is 5.78 Å². The molecule has 1 aliphatic heterocycles. The van der Waals surface area contributed by atoms with Crippen LogP contribution < -0.4 is 4.74 Å². The summed E-state index contributed by atoms with van der Waals surface area (Å²) < 4.78 is 5.54. The molecule has 7 heteroatoms. The van der Waals surface area contributed by atoms with Gasteiger partial charge in [0.2, 0.25) is 0 Å². The zero-order valence-corrected chi connectivity index (χ0v) is 14.8. The second-order valence-electron chi connectivity index (χ2n) is 5.83. The van der Waals surface area contributed by atoms with E-state index in [1.54, 1.807) is 6.08 Å². The average Bonchev–Trinajstić information content (AvgIpc) is 2.54. The monoisotopic (exact) mass is 371 g/mol. The Kier molecular flexibility index (Phi) is 6.13. The summed E-state index contributed by atoms with van der Waals surface area (Å²) in [5, 5.41) is 9.67. The molecular formula is C17H19Cl2NO4. The third kappa shape index (κ3) is 4.02. The van der Waals surface area contributed by atoms with Crippen molar-refractivity contribution in [1.82, 2.24) is 4.90 Å². The molecule has 0 bridgehead atoms. The number of carbonyl (C=O) groups excluding carboxylic acids is 1. The minimum Gasteiger partial charge on any atom is -0.489 e. The van der Waals surface area contributed by atoms with Gasteiger partial charge in [0.1, 0.15) is 12.4 Å². The summed E-state index contributed by atoms with van der Waals surface area (Å²) in [6.45, 7) is 6.37. The van der Waals surface area contributed by atoms with E-state index in [4.69, 9.17) is 33.0 Å². The normalized spacial score (nSPS) is 20.5. The number of ether oxygens (including phenoxy) is 1. The van der Waals surface area contributed by atoms with Gasteiger partial charge >= 0.3 is 6.09 Å². The Hall–Kier alpha value is -1.72. The lowest BCUT2D eigenvalue weighted by Crippen LogP contribution is -2.44.